The van der Waals surface area contributed by atoms with Crippen molar-refractivity contribution in [1.82, 2.24) is 33.8 Å². The van der Waals surface area contributed by atoms with E-state index in [4.69, 9.17) is 14.8 Å². The Hall–Kier alpha value is -3.40. The minimum atomic E-state index is 0.247. The lowest BCUT2D eigenvalue weighted by atomic mass is 10.2. The van der Waals surface area contributed by atoms with Crippen LogP contribution in [0.4, 0.5) is 11.6 Å². The van der Waals surface area contributed by atoms with Gasteiger partial charge in [-0.25, -0.2) is 9.97 Å². The Morgan fingerprint density at radius 1 is 1.22 bits per heavy atom. The summed E-state index contributed by atoms with van der Waals surface area (Å²) in [5.41, 5.74) is 4.76. The van der Waals surface area contributed by atoms with Gasteiger partial charge < -0.3 is 24.1 Å². The van der Waals surface area contributed by atoms with Crippen molar-refractivity contribution in [2.24, 2.45) is 7.05 Å². The van der Waals surface area contributed by atoms with E-state index in [-0.39, 0.29) is 5.91 Å². The van der Waals surface area contributed by atoms with Crippen LogP contribution < -0.4 is 5.32 Å². The summed E-state index contributed by atoms with van der Waals surface area (Å²) in [6.45, 7) is 6.40. The van der Waals surface area contributed by atoms with Gasteiger partial charge in [-0.15, -0.1) is 0 Å². The number of carbonyl (C=O) groups excluding carboxylic acids is 1. The summed E-state index contributed by atoms with van der Waals surface area (Å²) in [6, 6.07) is 5.08. The average Bonchev–Trinajstić information content (AvgIpc) is 3.79. The maximum absolute atomic E-state index is 13.4. The Bertz CT molecular complexity index is 1440. The number of amides is 1. The molecule has 6 rings (SSSR count). The smallest absolute Gasteiger partial charge is 0.229 e. The van der Waals surface area contributed by atoms with Crippen molar-refractivity contribution in [3.63, 3.8) is 0 Å². The van der Waals surface area contributed by atoms with Crippen LogP contribution in [0.15, 0.2) is 18.5 Å². The normalized spacial score (nSPS) is 15.7. The van der Waals surface area contributed by atoms with Gasteiger partial charge in [-0.05, 0) is 52.0 Å². The highest BCUT2D eigenvalue weighted by Crippen LogP contribution is 2.38. The largest absolute Gasteiger partial charge is 0.385 e. The minimum absolute atomic E-state index is 0.247. The van der Waals surface area contributed by atoms with Crippen LogP contribution in [0.3, 0.4) is 0 Å². The zero-order valence-corrected chi connectivity index (χ0v) is 22.2. The second-order valence-corrected chi connectivity index (χ2v) is 10.4. The molecule has 2 aliphatic carbocycles. The van der Waals surface area contributed by atoms with Gasteiger partial charge in [0.2, 0.25) is 5.91 Å². The number of imidazole rings is 1. The van der Waals surface area contributed by atoms with Crippen molar-refractivity contribution in [3.8, 4) is 0 Å². The molecule has 2 aliphatic rings. The first-order chi connectivity index (χ1) is 18.0. The molecule has 10 heteroatoms. The Morgan fingerprint density at radius 2 is 1.97 bits per heavy atom. The summed E-state index contributed by atoms with van der Waals surface area (Å²) >= 11 is 0. The molecule has 0 aliphatic heterocycles. The third kappa shape index (κ3) is 4.47. The predicted octanol–water partition coefficient (Wildman–Crippen LogP) is 3.92. The quantitative estimate of drug-likeness (QED) is 0.311. The van der Waals surface area contributed by atoms with Crippen molar-refractivity contribution in [2.75, 3.05) is 19.0 Å². The number of rotatable bonds is 11. The maximum atomic E-state index is 13.4. The number of pyridine rings is 1. The van der Waals surface area contributed by atoms with E-state index in [9.17, 15) is 4.79 Å². The number of hydrogen-bond donors (Lipinski definition) is 1. The van der Waals surface area contributed by atoms with E-state index in [2.05, 4.69) is 39.7 Å². The average molecular weight is 505 g/mol. The molecule has 4 aromatic heterocycles. The van der Waals surface area contributed by atoms with Crippen molar-refractivity contribution in [2.45, 2.75) is 77.5 Å². The third-order valence-electron chi connectivity index (χ3n) is 7.55. The van der Waals surface area contributed by atoms with Gasteiger partial charge in [-0.1, -0.05) is 0 Å². The molecule has 2 saturated carbocycles. The number of fused-ring (bicyclic) bond motifs is 3. The number of hydrogen-bond acceptors (Lipinski definition) is 6. The van der Waals surface area contributed by atoms with Crippen LogP contribution in [-0.4, -0.2) is 65.5 Å². The molecule has 0 spiro atoms. The van der Waals surface area contributed by atoms with E-state index in [0.29, 0.717) is 30.9 Å². The fraction of sp³-hybridized carbons (Fsp3) is 0.556. The summed E-state index contributed by atoms with van der Waals surface area (Å²) in [6.07, 6.45) is 7.71. The molecule has 0 bridgehead atoms. The van der Waals surface area contributed by atoms with Crippen LogP contribution in [0.2, 0.25) is 0 Å². The van der Waals surface area contributed by atoms with E-state index >= 15 is 0 Å². The highest BCUT2D eigenvalue weighted by atomic mass is 16.5. The Balaban J connectivity index is 1.36. The van der Waals surface area contributed by atoms with E-state index in [1.165, 1.54) is 0 Å². The van der Waals surface area contributed by atoms with Crippen molar-refractivity contribution >= 4 is 39.6 Å². The second kappa shape index (κ2) is 9.48. The third-order valence-corrected chi connectivity index (χ3v) is 7.55. The lowest BCUT2D eigenvalue weighted by Crippen LogP contribution is -2.36. The minimum Gasteiger partial charge on any atom is -0.385 e. The number of methoxy groups -OCH3 is 1. The van der Waals surface area contributed by atoms with Gasteiger partial charge in [-0.2, -0.15) is 5.10 Å². The Labute approximate surface area is 216 Å². The summed E-state index contributed by atoms with van der Waals surface area (Å²) in [5.74, 6) is 1.66. The van der Waals surface area contributed by atoms with E-state index in [1.54, 1.807) is 7.11 Å². The van der Waals surface area contributed by atoms with E-state index in [1.807, 2.05) is 28.7 Å². The van der Waals surface area contributed by atoms with Gasteiger partial charge in [0.25, 0.3) is 0 Å². The van der Waals surface area contributed by atoms with Crippen LogP contribution in [0, 0.1) is 6.92 Å². The number of aromatic nitrogens is 6. The number of nitrogens with one attached hydrogen (secondary N) is 1. The summed E-state index contributed by atoms with van der Waals surface area (Å²) in [7, 11) is 3.72. The number of aryl methyl sites for hydroxylation is 4. The molecular weight excluding hydrogens is 468 g/mol. The van der Waals surface area contributed by atoms with Crippen molar-refractivity contribution < 1.29 is 9.53 Å². The Kier molecular flexibility index (Phi) is 6.14. The van der Waals surface area contributed by atoms with Gasteiger partial charge in [-0.3, -0.25) is 9.48 Å². The number of carbonyl (C=O) groups is 1. The van der Waals surface area contributed by atoms with E-state index < -0.39 is 0 Å². The molecule has 2 fully saturated rings. The molecule has 0 radical (unpaired) electrons. The van der Waals surface area contributed by atoms with E-state index in [0.717, 1.165) is 84.5 Å². The van der Waals surface area contributed by atoms with Crippen LogP contribution in [0.25, 0.3) is 22.1 Å². The maximum Gasteiger partial charge on any atom is 0.229 e. The zero-order valence-electron chi connectivity index (χ0n) is 22.2. The van der Waals surface area contributed by atoms with Gasteiger partial charge in [0, 0.05) is 68.8 Å². The molecule has 37 heavy (non-hydrogen) atoms. The van der Waals surface area contributed by atoms with Crippen molar-refractivity contribution in [1.29, 1.82) is 0 Å². The lowest BCUT2D eigenvalue weighted by Gasteiger charge is -2.22. The fourth-order valence-electron chi connectivity index (χ4n) is 5.49. The fourth-order valence-corrected chi connectivity index (χ4v) is 5.49. The topological polar surface area (TPSA) is 95.0 Å². The van der Waals surface area contributed by atoms with Gasteiger partial charge >= 0.3 is 0 Å². The van der Waals surface area contributed by atoms with Gasteiger partial charge in [0.05, 0.1) is 18.3 Å². The molecule has 0 atom stereocenters. The lowest BCUT2D eigenvalue weighted by molar-refractivity contribution is -0.131. The summed E-state index contributed by atoms with van der Waals surface area (Å²) < 4.78 is 11.4. The number of nitrogens with zero attached hydrogens (tertiary/aromatic N) is 7. The van der Waals surface area contributed by atoms with Crippen molar-refractivity contribution in [3.05, 3.63) is 29.8 Å². The highest BCUT2D eigenvalue weighted by Gasteiger charge is 2.42. The van der Waals surface area contributed by atoms with Crippen LogP contribution >= 0.6 is 0 Å². The molecular formula is C27H36N8O2. The first-order valence-electron chi connectivity index (χ1n) is 13.4. The first kappa shape index (κ1) is 24.0. The zero-order chi connectivity index (χ0) is 25.7. The number of anilines is 2. The molecule has 10 nitrogen and oxygen atoms in total. The van der Waals surface area contributed by atoms with Gasteiger partial charge in [0.15, 0.2) is 11.6 Å². The second-order valence-electron chi connectivity index (χ2n) is 10.4. The monoisotopic (exact) mass is 504 g/mol. The molecule has 0 aromatic carbocycles. The molecule has 4 aromatic rings. The molecule has 4 heterocycles. The SMILES string of the molecule is CCn1c(CC(=O)N(C2CC2)C2CC2)cc2c3c(ncn3C)c(Nc3cc(C)n(CCCOC)n3)nc21. The molecule has 1 N–H and O–H groups in total. The highest BCUT2D eigenvalue weighted by molar-refractivity contribution is 6.07. The Morgan fingerprint density at radius 3 is 2.65 bits per heavy atom. The van der Waals surface area contributed by atoms with Crippen LogP contribution in [-0.2, 0) is 36.1 Å². The van der Waals surface area contributed by atoms with Crippen LogP contribution in [0.1, 0.15) is 50.4 Å². The number of ether oxygens (including phenoxy) is 1. The first-order valence-corrected chi connectivity index (χ1v) is 13.4. The van der Waals surface area contributed by atoms with Gasteiger partial charge in [0.1, 0.15) is 11.2 Å². The molecule has 0 unspecified atom stereocenters. The molecule has 0 saturated heterocycles. The predicted molar refractivity (Wildman–Crippen MR) is 143 cm³/mol. The summed E-state index contributed by atoms with van der Waals surface area (Å²) in [4.78, 5) is 25.3. The van der Waals surface area contributed by atoms with Crippen LogP contribution in [0.5, 0.6) is 0 Å². The standard InChI is InChI=1S/C27H36N8O2/c1-5-33-20(15-23(36)35(18-7-8-18)19-9-10-19)14-21-25-24(28-16-32(25)3)26(30-27(21)33)29-22-13-17(2)34(31-22)11-6-12-37-4/h13-14,16,18-19H,5-12,15H2,1-4H3,(H,29,30,31). The molecule has 196 valence electrons. The molecule has 1 amide bonds. The summed E-state index contributed by atoms with van der Waals surface area (Å²) in [5, 5.41) is 9.20.